The van der Waals surface area contributed by atoms with Crippen LogP contribution in [0.1, 0.15) is 50.2 Å². The molecule has 0 aliphatic rings. The van der Waals surface area contributed by atoms with Crippen LogP contribution in [0.4, 0.5) is 4.39 Å². The Labute approximate surface area is 132 Å². The summed E-state index contributed by atoms with van der Waals surface area (Å²) >= 11 is 0. The summed E-state index contributed by atoms with van der Waals surface area (Å²) in [5.41, 5.74) is 3.44. The molecule has 2 rings (SSSR count). The van der Waals surface area contributed by atoms with Crippen LogP contribution in [0.3, 0.4) is 0 Å². The Bertz CT molecular complexity index is 549. The SMILES string of the molecule is CC[C@@H](F)CCCCCc1cnc(-c2ccc(C)cc2)nc1. The topological polar surface area (TPSA) is 25.8 Å². The number of halogens is 1. The van der Waals surface area contributed by atoms with Crippen molar-refractivity contribution >= 4 is 0 Å². The molecule has 22 heavy (non-hydrogen) atoms. The molecule has 0 spiro atoms. The fraction of sp³-hybridized carbons (Fsp3) is 0.474. The van der Waals surface area contributed by atoms with Crippen molar-refractivity contribution in [3.63, 3.8) is 0 Å². The van der Waals surface area contributed by atoms with Crippen molar-refractivity contribution in [2.24, 2.45) is 0 Å². The van der Waals surface area contributed by atoms with Crippen molar-refractivity contribution in [1.29, 1.82) is 0 Å². The number of aromatic nitrogens is 2. The van der Waals surface area contributed by atoms with Gasteiger partial charge in [-0.3, -0.25) is 0 Å². The minimum Gasteiger partial charge on any atom is -0.248 e. The quantitative estimate of drug-likeness (QED) is 0.618. The molecule has 0 aliphatic carbocycles. The lowest BCUT2D eigenvalue weighted by atomic mass is 10.1. The van der Waals surface area contributed by atoms with Crippen molar-refractivity contribution in [3.05, 3.63) is 47.8 Å². The highest BCUT2D eigenvalue weighted by Crippen LogP contribution is 2.16. The standard InChI is InChI=1S/C19H25FN2/c1-3-18(20)8-6-4-5-7-16-13-21-19(22-14-16)17-11-9-15(2)10-12-17/h9-14,18H,3-8H2,1-2H3/t18-/m1/s1. The van der Waals surface area contributed by atoms with Gasteiger partial charge in [-0.2, -0.15) is 0 Å². The summed E-state index contributed by atoms with van der Waals surface area (Å²) in [5.74, 6) is 0.770. The van der Waals surface area contributed by atoms with Crippen LogP contribution in [-0.4, -0.2) is 16.1 Å². The predicted octanol–water partition coefficient (Wildman–Crippen LogP) is 5.30. The van der Waals surface area contributed by atoms with E-state index in [9.17, 15) is 4.39 Å². The van der Waals surface area contributed by atoms with Crippen molar-refractivity contribution in [1.82, 2.24) is 9.97 Å². The lowest BCUT2D eigenvalue weighted by Gasteiger charge is -2.05. The smallest absolute Gasteiger partial charge is 0.159 e. The lowest BCUT2D eigenvalue weighted by Crippen LogP contribution is -1.97. The second-order valence-corrected chi connectivity index (χ2v) is 5.89. The first-order valence-electron chi connectivity index (χ1n) is 8.21. The Hall–Kier alpha value is -1.77. The average Bonchev–Trinajstić information content (AvgIpc) is 2.55. The molecule has 1 atom stereocenters. The molecule has 0 unspecified atom stereocenters. The van der Waals surface area contributed by atoms with Crippen LogP contribution in [0.5, 0.6) is 0 Å². The van der Waals surface area contributed by atoms with Crippen molar-refractivity contribution in [2.45, 2.75) is 58.5 Å². The van der Waals surface area contributed by atoms with Gasteiger partial charge in [0.05, 0.1) is 6.17 Å². The Morgan fingerprint density at radius 1 is 1.00 bits per heavy atom. The van der Waals surface area contributed by atoms with Gasteiger partial charge in [-0.15, -0.1) is 0 Å². The van der Waals surface area contributed by atoms with Gasteiger partial charge in [0.1, 0.15) is 0 Å². The van der Waals surface area contributed by atoms with Gasteiger partial charge in [0.25, 0.3) is 0 Å². The van der Waals surface area contributed by atoms with E-state index in [0.717, 1.165) is 42.6 Å². The van der Waals surface area contributed by atoms with E-state index in [1.54, 1.807) is 0 Å². The Morgan fingerprint density at radius 2 is 1.68 bits per heavy atom. The molecule has 0 saturated heterocycles. The van der Waals surface area contributed by atoms with Gasteiger partial charge in [-0.05, 0) is 38.2 Å². The highest BCUT2D eigenvalue weighted by molar-refractivity contribution is 5.54. The molecular formula is C19H25FN2. The lowest BCUT2D eigenvalue weighted by molar-refractivity contribution is 0.297. The van der Waals surface area contributed by atoms with Crippen molar-refractivity contribution in [2.75, 3.05) is 0 Å². The van der Waals surface area contributed by atoms with Crippen molar-refractivity contribution in [3.8, 4) is 11.4 Å². The molecule has 2 aromatic rings. The molecule has 0 radical (unpaired) electrons. The Kier molecular flexibility index (Phi) is 6.50. The van der Waals surface area contributed by atoms with E-state index in [2.05, 4.69) is 29.0 Å². The molecule has 0 N–H and O–H groups in total. The number of rotatable bonds is 8. The first-order valence-corrected chi connectivity index (χ1v) is 8.21. The molecule has 0 amide bonds. The Morgan fingerprint density at radius 3 is 2.32 bits per heavy atom. The first kappa shape index (κ1) is 16.6. The molecule has 3 heteroatoms. The van der Waals surface area contributed by atoms with E-state index in [0.29, 0.717) is 12.8 Å². The van der Waals surface area contributed by atoms with Gasteiger partial charge in [0, 0.05) is 18.0 Å². The Balaban J connectivity index is 1.78. The summed E-state index contributed by atoms with van der Waals surface area (Å²) in [7, 11) is 0. The summed E-state index contributed by atoms with van der Waals surface area (Å²) < 4.78 is 13.1. The van der Waals surface area contributed by atoms with Gasteiger partial charge in [-0.25, -0.2) is 14.4 Å². The van der Waals surface area contributed by atoms with E-state index >= 15 is 0 Å². The summed E-state index contributed by atoms with van der Waals surface area (Å²) in [4.78, 5) is 8.90. The summed E-state index contributed by atoms with van der Waals surface area (Å²) in [6.07, 6.45) is 8.60. The average molecular weight is 300 g/mol. The normalized spacial score (nSPS) is 12.3. The fourth-order valence-electron chi connectivity index (χ4n) is 2.41. The van der Waals surface area contributed by atoms with Gasteiger partial charge < -0.3 is 0 Å². The zero-order valence-corrected chi connectivity index (χ0v) is 13.6. The number of alkyl halides is 1. The number of hydrogen-bond donors (Lipinski definition) is 0. The van der Waals surface area contributed by atoms with E-state index < -0.39 is 6.17 Å². The van der Waals surface area contributed by atoms with Gasteiger partial charge in [0.2, 0.25) is 0 Å². The highest BCUT2D eigenvalue weighted by Gasteiger charge is 2.03. The second-order valence-electron chi connectivity index (χ2n) is 5.89. The van der Waals surface area contributed by atoms with Crippen LogP contribution >= 0.6 is 0 Å². The maximum Gasteiger partial charge on any atom is 0.159 e. The van der Waals surface area contributed by atoms with Gasteiger partial charge in [-0.1, -0.05) is 49.6 Å². The van der Waals surface area contributed by atoms with Crippen LogP contribution in [0.25, 0.3) is 11.4 Å². The number of aryl methyl sites for hydroxylation is 2. The third-order valence-corrected chi connectivity index (χ3v) is 3.94. The summed E-state index contributed by atoms with van der Waals surface area (Å²) in [6, 6.07) is 8.24. The minimum absolute atomic E-state index is 0.628. The molecule has 2 nitrogen and oxygen atoms in total. The third kappa shape index (κ3) is 5.21. The van der Waals surface area contributed by atoms with Gasteiger partial charge >= 0.3 is 0 Å². The molecule has 0 fully saturated rings. The monoisotopic (exact) mass is 300 g/mol. The van der Waals surface area contributed by atoms with E-state index in [1.807, 2.05) is 31.5 Å². The molecule has 1 aromatic carbocycles. The van der Waals surface area contributed by atoms with Gasteiger partial charge in [0.15, 0.2) is 5.82 Å². The highest BCUT2D eigenvalue weighted by atomic mass is 19.1. The molecule has 0 aliphatic heterocycles. The summed E-state index contributed by atoms with van der Waals surface area (Å²) in [6.45, 7) is 3.97. The van der Waals surface area contributed by atoms with Crippen molar-refractivity contribution < 1.29 is 4.39 Å². The molecule has 1 heterocycles. The van der Waals surface area contributed by atoms with Crippen LogP contribution in [0.15, 0.2) is 36.7 Å². The van der Waals surface area contributed by atoms with Crippen LogP contribution in [0, 0.1) is 6.92 Å². The number of nitrogens with zero attached hydrogens (tertiary/aromatic N) is 2. The molecule has 118 valence electrons. The van der Waals surface area contributed by atoms with E-state index in [4.69, 9.17) is 0 Å². The number of hydrogen-bond acceptors (Lipinski definition) is 2. The maximum atomic E-state index is 13.1. The molecule has 0 saturated carbocycles. The molecule has 0 bridgehead atoms. The maximum absolute atomic E-state index is 13.1. The first-order chi connectivity index (χ1) is 10.7. The molecular weight excluding hydrogens is 275 g/mol. The van der Waals surface area contributed by atoms with Crippen LogP contribution in [0.2, 0.25) is 0 Å². The fourth-order valence-corrected chi connectivity index (χ4v) is 2.41. The largest absolute Gasteiger partial charge is 0.248 e. The zero-order valence-electron chi connectivity index (χ0n) is 13.6. The summed E-state index contributed by atoms with van der Waals surface area (Å²) in [5, 5.41) is 0. The van der Waals surface area contributed by atoms with E-state index in [1.165, 1.54) is 5.56 Å². The van der Waals surface area contributed by atoms with Crippen LogP contribution in [-0.2, 0) is 6.42 Å². The molecule has 1 aromatic heterocycles. The predicted molar refractivity (Wildman–Crippen MR) is 89.6 cm³/mol. The number of benzene rings is 1. The second kappa shape index (κ2) is 8.62. The van der Waals surface area contributed by atoms with Crippen LogP contribution < -0.4 is 0 Å². The number of unbranched alkanes of at least 4 members (excludes halogenated alkanes) is 2. The zero-order chi connectivity index (χ0) is 15.8. The van der Waals surface area contributed by atoms with E-state index in [-0.39, 0.29) is 0 Å². The minimum atomic E-state index is -0.628. The third-order valence-electron chi connectivity index (χ3n) is 3.94.